The van der Waals surface area contributed by atoms with Crippen LogP contribution in [0, 0.1) is 20.8 Å². The molecular weight excluding hydrogens is 437 g/mol. The molecule has 36 heavy (non-hydrogen) atoms. The maximum atomic E-state index is 4.81. The monoisotopic (exact) mass is 461 g/mol. The van der Waals surface area contributed by atoms with Crippen molar-refractivity contribution in [3.05, 3.63) is 108 Å². The Morgan fingerprint density at radius 2 is 1.17 bits per heavy atom. The zero-order chi connectivity index (χ0) is 24.1. The van der Waals surface area contributed by atoms with Crippen LogP contribution < -0.4 is 20.6 Å². The van der Waals surface area contributed by atoms with Crippen LogP contribution in [0.5, 0.6) is 0 Å². The van der Waals surface area contributed by atoms with Crippen LogP contribution in [-0.4, -0.2) is 11.8 Å². The van der Waals surface area contributed by atoms with Crippen molar-refractivity contribution in [2.45, 2.75) is 20.8 Å². The van der Waals surface area contributed by atoms with Crippen molar-refractivity contribution >= 4 is 46.2 Å². The molecule has 0 atom stereocenters. The van der Waals surface area contributed by atoms with E-state index in [2.05, 4.69) is 122 Å². The molecule has 3 nitrogen and oxygen atoms in total. The van der Waals surface area contributed by atoms with E-state index in [-0.39, 0.29) is 6.85 Å². The molecular formula is C32H24BN3. The summed E-state index contributed by atoms with van der Waals surface area (Å²) in [5, 5.41) is 0. The molecule has 0 saturated heterocycles. The molecule has 170 valence electrons. The van der Waals surface area contributed by atoms with Crippen LogP contribution in [0.3, 0.4) is 0 Å². The normalized spacial score (nSPS) is 13.8. The summed E-state index contributed by atoms with van der Waals surface area (Å²) in [6, 6.07) is 29.1. The lowest BCUT2D eigenvalue weighted by molar-refractivity contribution is 1.18. The Hall–Kier alpha value is -4.31. The summed E-state index contributed by atoms with van der Waals surface area (Å²) in [5.74, 6) is 0. The zero-order valence-electron chi connectivity index (χ0n) is 20.6. The van der Waals surface area contributed by atoms with Gasteiger partial charge in [-0.2, -0.15) is 0 Å². The first-order chi connectivity index (χ1) is 17.6. The predicted molar refractivity (Wildman–Crippen MR) is 151 cm³/mol. The Bertz CT molecular complexity index is 1630. The third-order valence-corrected chi connectivity index (χ3v) is 8.10. The fourth-order valence-corrected chi connectivity index (χ4v) is 6.94. The molecule has 5 aromatic rings. The van der Waals surface area contributed by atoms with Crippen molar-refractivity contribution < 1.29 is 0 Å². The van der Waals surface area contributed by atoms with Gasteiger partial charge in [0.15, 0.2) is 0 Å². The maximum absolute atomic E-state index is 4.81. The van der Waals surface area contributed by atoms with E-state index in [1.54, 1.807) is 0 Å². The molecule has 0 spiro atoms. The van der Waals surface area contributed by atoms with Crippen molar-refractivity contribution in [3.63, 3.8) is 0 Å². The number of anilines is 5. The summed E-state index contributed by atoms with van der Waals surface area (Å²) in [6.07, 6.45) is 4.13. The molecule has 0 bridgehead atoms. The van der Waals surface area contributed by atoms with Crippen LogP contribution >= 0.6 is 0 Å². The number of hydrogen-bond acceptors (Lipinski definition) is 3. The van der Waals surface area contributed by atoms with E-state index < -0.39 is 0 Å². The molecule has 0 radical (unpaired) electrons. The van der Waals surface area contributed by atoms with Gasteiger partial charge in [0.25, 0.3) is 0 Å². The number of benzene rings is 4. The minimum atomic E-state index is 0.108. The lowest BCUT2D eigenvalue weighted by Gasteiger charge is -2.49. The largest absolute Gasteiger partial charge is 0.376 e. The average molecular weight is 461 g/mol. The van der Waals surface area contributed by atoms with Gasteiger partial charge in [0.2, 0.25) is 0 Å². The number of hydrogen-bond donors (Lipinski definition) is 0. The molecule has 4 heterocycles. The van der Waals surface area contributed by atoms with Gasteiger partial charge in [-0.1, -0.05) is 66.2 Å². The summed E-state index contributed by atoms with van der Waals surface area (Å²) in [4.78, 5) is 9.85. The van der Waals surface area contributed by atoms with Crippen LogP contribution in [0.25, 0.3) is 22.3 Å². The quantitative estimate of drug-likeness (QED) is 0.259. The summed E-state index contributed by atoms with van der Waals surface area (Å²) in [5.41, 5.74) is 17.9. The first-order valence-electron chi connectivity index (χ1n) is 12.6. The fraction of sp³-hybridized carbons (Fsp3) is 0.0938. The summed E-state index contributed by atoms with van der Waals surface area (Å²) >= 11 is 0. The fourth-order valence-electron chi connectivity index (χ4n) is 6.94. The minimum absolute atomic E-state index is 0.108. The van der Waals surface area contributed by atoms with Gasteiger partial charge in [0.1, 0.15) is 0 Å². The van der Waals surface area contributed by atoms with Crippen molar-refractivity contribution in [2.24, 2.45) is 0 Å². The Morgan fingerprint density at radius 1 is 0.583 bits per heavy atom. The lowest BCUT2D eigenvalue weighted by atomic mass is 9.41. The number of aryl methyl sites for hydroxylation is 3. The molecule has 3 aliphatic rings. The van der Waals surface area contributed by atoms with Crippen LogP contribution in [-0.2, 0) is 0 Å². The van der Waals surface area contributed by atoms with Gasteiger partial charge < -0.3 is 9.71 Å². The molecule has 0 saturated carbocycles. The standard InChI is InChI=1S/C32H24BN3/c1-19-15-20(2)32(21(3)16-19)35-28-14-8-11-24-22-9-4-6-12-26(22)36-27-13-7-5-10-23(27)25-17-34-18-29(35)31(25)33(36)30(24)28/h4-18H,1-3H3. The first kappa shape index (κ1) is 19.9. The van der Waals surface area contributed by atoms with Crippen molar-refractivity contribution in [2.75, 3.05) is 9.71 Å². The van der Waals surface area contributed by atoms with Crippen molar-refractivity contribution in [1.29, 1.82) is 0 Å². The van der Waals surface area contributed by atoms with Crippen molar-refractivity contribution in [1.82, 2.24) is 4.98 Å². The molecule has 0 N–H and O–H groups in total. The van der Waals surface area contributed by atoms with Crippen LogP contribution in [0.1, 0.15) is 16.7 Å². The molecule has 1 aromatic heterocycles. The van der Waals surface area contributed by atoms with E-state index in [4.69, 9.17) is 4.98 Å². The third kappa shape index (κ3) is 2.36. The van der Waals surface area contributed by atoms with Gasteiger partial charge in [-0.25, -0.2) is 0 Å². The van der Waals surface area contributed by atoms with E-state index >= 15 is 0 Å². The SMILES string of the molecule is Cc1cc(C)c(N2c3cccc4c3B3c5c(cncc52)-c2ccccc2N3c2ccccc2-4)c(C)c1. The molecule has 0 fully saturated rings. The Labute approximate surface area is 211 Å². The molecule has 8 rings (SSSR count). The number of fused-ring (bicyclic) bond motifs is 6. The first-order valence-corrected chi connectivity index (χ1v) is 12.6. The number of para-hydroxylation sites is 2. The van der Waals surface area contributed by atoms with E-state index in [9.17, 15) is 0 Å². The zero-order valence-corrected chi connectivity index (χ0v) is 20.6. The highest BCUT2D eigenvalue weighted by atomic mass is 15.2. The Balaban J connectivity index is 1.57. The summed E-state index contributed by atoms with van der Waals surface area (Å²) in [6.45, 7) is 6.75. The van der Waals surface area contributed by atoms with Gasteiger partial charge >= 0.3 is 6.85 Å². The van der Waals surface area contributed by atoms with Gasteiger partial charge in [-0.05, 0) is 66.6 Å². The number of rotatable bonds is 1. The summed E-state index contributed by atoms with van der Waals surface area (Å²) < 4.78 is 0. The molecule has 4 aromatic carbocycles. The van der Waals surface area contributed by atoms with E-state index in [0.29, 0.717) is 0 Å². The predicted octanol–water partition coefficient (Wildman–Crippen LogP) is 6.69. The molecule has 0 amide bonds. The van der Waals surface area contributed by atoms with Gasteiger partial charge in [0.05, 0.1) is 17.6 Å². The number of aromatic nitrogens is 1. The Morgan fingerprint density at radius 3 is 1.89 bits per heavy atom. The molecule has 3 aliphatic heterocycles. The summed E-state index contributed by atoms with van der Waals surface area (Å²) in [7, 11) is 0. The number of pyridine rings is 1. The van der Waals surface area contributed by atoms with Gasteiger partial charge in [-0.3, -0.25) is 4.98 Å². The second kappa shape index (κ2) is 6.89. The van der Waals surface area contributed by atoms with Crippen LogP contribution in [0.15, 0.2) is 91.3 Å². The van der Waals surface area contributed by atoms with Crippen LogP contribution in [0.4, 0.5) is 28.4 Å². The topological polar surface area (TPSA) is 19.4 Å². The highest BCUT2D eigenvalue weighted by Crippen LogP contribution is 2.51. The van der Waals surface area contributed by atoms with Crippen LogP contribution in [0.2, 0.25) is 0 Å². The molecule has 0 aliphatic carbocycles. The second-order valence-corrected chi connectivity index (χ2v) is 10.2. The minimum Gasteiger partial charge on any atom is -0.376 e. The third-order valence-electron chi connectivity index (χ3n) is 8.10. The molecule has 0 unspecified atom stereocenters. The van der Waals surface area contributed by atoms with E-state index in [1.807, 2.05) is 0 Å². The maximum Gasteiger partial charge on any atom is 0.333 e. The smallest absolute Gasteiger partial charge is 0.333 e. The van der Waals surface area contributed by atoms with Gasteiger partial charge in [0, 0.05) is 39.9 Å². The van der Waals surface area contributed by atoms with E-state index in [1.165, 1.54) is 78.3 Å². The highest BCUT2D eigenvalue weighted by molar-refractivity contribution is 6.95. The van der Waals surface area contributed by atoms with E-state index in [0.717, 1.165) is 0 Å². The molecule has 4 heteroatoms. The van der Waals surface area contributed by atoms with Gasteiger partial charge in [-0.15, -0.1) is 0 Å². The van der Waals surface area contributed by atoms with Crippen molar-refractivity contribution in [3.8, 4) is 22.3 Å². The number of nitrogens with zero attached hydrogens (tertiary/aromatic N) is 3. The Kier molecular flexibility index (Phi) is 3.81. The highest BCUT2D eigenvalue weighted by Gasteiger charge is 2.49. The lowest BCUT2D eigenvalue weighted by Crippen LogP contribution is -2.63. The second-order valence-electron chi connectivity index (χ2n) is 10.2. The average Bonchev–Trinajstić information content (AvgIpc) is 2.89.